The van der Waals surface area contributed by atoms with E-state index in [4.69, 9.17) is 11.6 Å². The number of hydrogen-bond acceptors (Lipinski definition) is 2. The maximum atomic E-state index is 14.1. The lowest BCUT2D eigenvalue weighted by atomic mass is 9.91. The second-order valence-electron chi connectivity index (χ2n) is 6.13. The van der Waals surface area contributed by atoms with Crippen LogP contribution in [0.25, 0.3) is 6.08 Å². The number of halogens is 2. The van der Waals surface area contributed by atoms with E-state index in [1.807, 2.05) is 13.0 Å². The van der Waals surface area contributed by atoms with Gasteiger partial charge in [0.1, 0.15) is 5.82 Å². The van der Waals surface area contributed by atoms with Gasteiger partial charge in [0, 0.05) is 24.8 Å². The van der Waals surface area contributed by atoms with Crippen molar-refractivity contribution in [3.8, 4) is 0 Å². The smallest absolute Gasteiger partial charge is 0.321 e. The quantitative estimate of drug-likeness (QED) is 0.834. The third kappa shape index (κ3) is 4.17. The fourth-order valence-electron chi connectivity index (χ4n) is 2.92. The number of likely N-dealkylation sites (tertiary alicyclic amines) is 1. The van der Waals surface area contributed by atoms with E-state index in [-0.39, 0.29) is 17.0 Å². The number of carbonyl (C=O) groups is 1. The molecule has 0 saturated carbocycles. The van der Waals surface area contributed by atoms with Crippen LogP contribution >= 0.6 is 11.6 Å². The number of nitrogens with zero attached hydrogens (tertiary/aromatic N) is 2. The summed E-state index contributed by atoms with van der Waals surface area (Å²) in [5.41, 5.74) is 2.27. The van der Waals surface area contributed by atoms with Crippen LogP contribution in [0.2, 0.25) is 5.02 Å². The molecule has 25 heavy (non-hydrogen) atoms. The molecule has 0 bridgehead atoms. The number of piperidine rings is 1. The second kappa shape index (κ2) is 7.66. The predicted octanol–water partition coefficient (Wildman–Crippen LogP) is 4.83. The lowest BCUT2D eigenvalue weighted by Crippen LogP contribution is -2.42. The molecule has 1 atom stereocenters. The van der Waals surface area contributed by atoms with Crippen LogP contribution in [0.3, 0.4) is 0 Å². The zero-order valence-corrected chi connectivity index (χ0v) is 14.6. The highest BCUT2D eigenvalue weighted by molar-refractivity contribution is 6.30. The summed E-state index contributed by atoms with van der Waals surface area (Å²) in [7, 11) is 0. The highest BCUT2D eigenvalue weighted by atomic mass is 35.5. The normalized spacial score (nSPS) is 19.1. The third-order valence-electron chi connectivity index (χ3n) is 4.32. The predicted molar refractivity (Wildman–Crippen MR) is 98.0 cm³/mol. The Morgan fingerprint density at radius 1 is 1.40 bits per heavy atom. The second-order valence-corrected chi connectivity index (χ2v) is 6.54. The molecule has 0 radical (unpaired) electrons. The zero-order chi connectivity index (χ0) is 17.8. The Morgan fingerprint density at radius 3 is 2.96 bits per heavy atom. The lowest BCUT2D eigenvalue weighted by Gasteiger charge is -2.33. The minimum absolute atomic E-state index is 0.121. The van der Waals surface area contributed by atoms with Crippen LogP contribution in [0.5, 0.6) is 0 Å². The summed E-state index contributed by atoms with van der Waals surface area (Å²) in [4.78, 5) is 18.1. The first-order valence-corrected chi connectivity index (χ1v) is 8.53. The van der Waals surface area contributed by atoms with Gasteiger partial charge in [0.05, 0.1) is 16.9 Å². The number of carbonyl (C=O) groups excluding carboxylic acids is 1. The van der Waals surface area contributed by atoms with Crippen molar-refractivity contribution >= 4 is 29.4 Å². The van der Waals surface area contributed by atoms with Crippen LogP contribution < -0.4 is 5.32 Å². The maximum Gasteiger partial charge on any atom is 0.321 e. The highest BCUT2D eigenvalue weighted by Crippen LogP contribution is 2.27. The average molecular weight is 360 g/mol. The molecular formula is C19H19ClFN3O. The van der Waals surface area contributed by atoms with Gasteiger partial charge >= 0.3 is 6.03 Å². The Bertz CT molecular complexity index is 795. The molecule has 0 spiro atoms. The van der Waals surface area contributed by atoms with Crippen LogP contribution in [-0.4, -0.2) is 29.0 Å². The summed E-state index contributed by atoms with van der Waals surface area (Å²) in [5.74, 6) is -0.257. The Labute approximate surface area is 151 Å². The van der Waals surface area contributed by atoms with Crippen molar-refractivity contribution in [1.82, 2.24) is 9.88 Å². The monoisotopic (exact) mass is 359 g/mol. The summed E-state index contributed by atoms with van der Waals surface area (Å²) >= 11 is 5.84. The van der Waals surface area contributed by atoms with Gasteiger partial charge in [-0.1, -0.05) is 42.3 Å². The summed E-state index contributed by atoms with van der Waals surface area (Å²) in [6, 6.07) is 8.41. The van der Waals surface area contributed by atoms with Gasteiger partial charge in [0.15, 0.2) is 0 Å². The summed E-state index contributed by atoms with van der Waals surface area (Å²) < 4.78 is 14.1. The van der Waals surface area contributed by atoms with Gasteiger partial charge in [-0.3, -0.25) is 4.98 Å². The van der Waals surface area contributed by atoms with Crippen LogP contribution in [0.15, 0.2) is 48.3 Å². The van der Waals surface area contributed by atoms with Gasteiger partial charge in [-0.15, -0.1) is 0 Å². The van der Waals surface area contributed by atoms with Gasteiger partial charge in [-0.25, -0.2) is 9.18 Å². The number of anilines is 1. The molecule has 0 aliphatic carbocycles. The van der Waals surface area contributed by atoms with Crippen molar-refractivity contribution in [2.45, 2.75) is 13.3 Å². The number of pyridine rings is 1. The van der Waals surface area contributed by atoms with E-state index >= 15 is 0 Å². The fraction of sp³-hybridized carbons (Fsp3) is 0.263. The van der Waals surface area contributed by atoms with Crippen molar-refractivity contribution in [2.24, 2.45) is 5.92 Å². The molecule has 2 heterocycles. The molecule has 1 N–H and O–H groups in total. The van der Waals surface area contributed by atoms with E-state index in [9.17, 15) is 9.18 Å². The topological polar surface area (TPSA) is 45.2 Å². The SMILES string of the molecule is CC1CN(C(=O)Nc2cccnc2)CC/C1=C\c1cccc(Cl)c1F. The summed E-state index contributed by atoms with van der Waals surface area (Å²) in [5, 5.41) is 2.96. The van der Waals surface area contributed by atoms with Crippen molar-refractivity contribution in [1.29, 1.82) is 0 Å². The number of aromatic nitrogens is 1. The summed E-state index contributed by atoms with van der Waals surface area (Å²) in [6.07, 6.45) is 5.82. The minimum Gasteiger partial charge on any atom is -0.324 e. The van der Waals surface area contributed by atoms with Crippen molar-refractivity contribution < 1.29 is 9.18 Å². The van der Waals surface area contributed by atoms with Crippen LogP contribution in [0, 0.1) is 11.7 Å². The number of hydrogen-bond donors (Lipinski definition) is 1. The van der Waals surface area contributed by atoms with Gasteiger partial charge in [0.25, 0.3) is 0 Å². The van der Waals surface area contributed by atoms with Crippen molar-refractivity contribution in [3.05, 3.63) is 64.7 Å². The molecule has 1 aliphatic heterocycles. The van der Waals surface area contributed by atoms with Crippen molar-refractivity contribution in [2.75, 3.05) is 18.4 Å². The Hall–Kier alpha value is -2.40. The van der Waals surface area contributed by atoms with E-state index in [0.29, 0.717) is 30.8 Å². The Balaban J connectivity index is 1.67. The molecule has 1 aromatic carbocycles. The highest BCUT2D eigenvalue weighted by Gasteiger charge is 2.24. The molecule has 1 fully saturated rings. The molecule has 6 heteroatoms. The molecule has 1 aromatic heterocycles. The number of nitrogens with one attached hydrogen (secondary N) is 1. The first-order chi connectivity index (χ1) is 12.0. The first kappa shape index (κ1) is 17.4. The molecule has 1 aliphatic rings. The van der Waals surface area contributed by atoms with E-state index in [2.05, 4.69) is 10.3 Å². The van der Waals surface area contributed by atoms with Gasteiger partial charge in [0.2, 0.25) is 0 Å². The van der Waals surface area contributed by atoms with E-state index < -0.39 is 5.82 Å². The molecule has 2 amide bonds. The first-order valence-electron chi connectivity index (χ1n) is 8.15. The number of amides is 2. The van der Waals surface area contributed by atoms with Gasteiger partial charge in [-0.05, 0) is 30.5 Å². The van der Waals surface area contributed by atoms with E-state index in [1.165, 1.54) is 6.07 Å². The Morgan fingerprint density at radius 2 is 2.24 bits per heavy atom. The molecule has 1 saturated heterocycles. The molecular weight excluding hydrogens is 341 g/mol. The molecule has 4 nitrogen and oxygen atoms in total. The van der Waals surface area contributed by atoms with E-state index in [1.54, 1.807) is 41.6 Å². The zero-order valence-electron chi connectivity index (χ0n) is 13.9. The average Bonchev–Trinajstić information content (AvgIpc) is 2.61. The van der Waals surface area contributed by atoms with Crippen LogP contribution in [0.4, 0.5) is 14.9 Å². The minimum atomic E-state index is -0.402. The number of rotatable bonds is 2. The third-order valence-corrected chi connectivity index (χ3v) is 4.61. The molecule has 3 rings (SSSR count). The van der Waals surface area contributed by atoms with Crippen LogP contribution in [0.1, 0.15) is 18.9 Å². The lowest BCUT2D eigenvalue weighted by molar-refractivity contribution is 0.198. The van der Waals surface area contributed by atoms with Crippen LogP contribution in [-0.2, 0) is 0 Å². The fourth-order valence-corrected chi connectivity index (χ4v) is 3.10. The Kier molecular flexibility index (Phi) is 5.34. The van der Waals surface area contributed by atoms with Crippen molar-refractivity contribution in [3.63, 3.8) is 0 Å². The molecule has 130 valence electrons. The molecule has 2 aromatic rings. The standard InChI is InChI=1S/C19H19ClFN3O/c1-13-12-24(19(25)23-16-5-3-8-22-11-16)9-7-14(13)10-15-4-2-6-17(20)18(15)21/h2-6,8,10-11,13H,7,9,12H2,1H3,(H,23,25)/b14-10+. The summed E-state index contributed by atoms with van der Waals surface area (Å²) in [6.45, 7) is 3.21. The van der Waals surface area contributed by atoms with Gasteiger partial charge < -0.3 is 10.2 Å². The van der Waals surface area contributed by atoms with E-state index in [0.717, 1.165) is 5.57 Å². The number of urea groups is 1. The molecule has 1 unspecified atom stereocenters. The largest absolute Gasteiger partial charge is 0.324 e. The van der Waals surface area contributed by atoms with Gasteiger partial charge in [-0.2, -0.15) is 0 Å². The maximum absolute atomic E-state index is 14.1. The number of benzene rings is 1.